The number of hydrogen-bond donors (Lipinski definition) is 1. The van der Waals surface area contributed by atoms with Gasteiger partial charge in [0.25, 0.3) is 0 Å². The monoisotopic (exact) mass is 415 g/mol. The Morgan fingerprint density at radius 2 is 1.79 bits per heavy atom. The van der Waals surface area contributed by atoms with Crippen LogP contribution in [0.4, 0.5) is 5.00 Å². The zero-order valence-corrected chi connectivity index (χ0v) is 18.2. The lowest BCUT2D eigenvalue weighted by Gasteiger charge is -2.34. The molecule has 1 aromatic carbocycles. The van der Waals surface area contributed by atoms with Crippen molar-refractivity contribution in [1.82, 2.24) is 9.80 Å². The summed E-state index contributed by atoms with van der Waals surface area (Å²) in [4.78, 5) is 30.2. The Hall–Kier alpha value is -2.22. The van der Waals surface area contributed by atoms with Crippen molar-refractivity contribution >= 4 is 28.2 Å². The molecule has 1 amide bonds. The van der Waals surface area contributed by atoms with E-state index in [0.29, 0.717) is 23.7 Å². The Morgan fingerprint density at radius 3 is 2.48 bits per heavy atom. The second-order valence-electron chi connectivity index (χ2n) is 7.35. The Bertz CT molecular complexity index is 857. The molecule has 1 aliphatic heterocycles. The first-order valence-corrected chi connectivity index (χ1v) is 10.8. The van der Waals surface area contributed by atoms with Crippen LogP contribution in [0.3, 0.4) is 0 Å². The molecule has 3 rings (SSSR count). The molecule has 2 heterocycles. The van der Waals surface area contributed by atoms with Crippen LogP contribution in [0, 0.1) is 13.8 Å². The van der Waals surface area contributed by atoms with Crippen molar-refractivity contribution in [2.45, 2.75) is 27.3 Å². The fourth-order valence-corrected chi connectivity index (χ4v) is 4.39. The summed E-state index contributed by atoms with van der Waals surface area (Å²) in [6.07, 6.45) is 0. The van der Waals surface area contributed by atoms with Crippen molar-refractivity contribution in [2.75, 3.05) is 44.6 Å². The molecular weight excluding hydrogens is 386 g/mol. The van der Waals surface area contributed by atoms with E-state index in [-0.39, 0.29) is 5.91 Å². The van der Waals surface area contributed by atoms with Gasteiger partial charge in [0.15, 0.2) is 0 Å². The lowest BCUT2D eigenvalue weighted by molar-refractivity contribution is -0.117. The quantitative estimate of drug-likeness (QED) is 0.703. The largest absolute Gasteiger partial charge is 0.462 e. The standard InChI is InChI=1S/C22H29N3O3S/c1-4-28-22(27)19-13-17(3)29-21(19)23-20(26)15-25-11-9-24(10-12-25)14-18-8-6-5-7-16(18)2/h5-8,13H,4,9-12,14-15H2,1-3H3,(H,23,26). The first-order valence-electron chi connectivity index (χ1n) is 10.0. The van der Waals surface area contributed by atoms with Crippen LogP contribution in [-0.4, -0.2) is 61.0 Å². The lowest BCUT2D eigenvalue weighted by atomic mass is 10.1. The molecule has 0 saturated carbocycles. The number of ether oxygens (including phenoxy) is 1. The van der Waals surface area contributed by atoms with Gasteiger partial charge in [0.2, 0.25) is 5.91 Å². The molecule has 0 aliphatic carbocycles. The van der Waals surface area contributed by atoms with Crippen molar-refractivity contribution < 1.29 is 14.3 Å². The van der Waals surface area contributed by atoms with Crippen molar-refractivity contribution in [3.63, 3.8) is 0 Å². The zero-order valence-electron chi connectivity index (χ0n) is 17.4. The van der Waals surface area contributed by atoms with E-state index in [4.69, 9.17) is 4.74 Å². The summed E-state index contributed by atoms with van der Waals surface area (Å²) in [5, 5.41) is 3.47. The number of aryl methyl sites for hydroxylation is 2. The normalized spacial score (nSPS) is 15.3. The summed E-state index contributed by atoms with van der Waals surface area (Å²) in [6.45, 7) is 11.0. The topological polar surface area (TPSA) is 61.9 Å². The van der Waals surface area contributed by atoms with Gasteiger partial charge in [-0.05, 0) is 38.0 Å². The molecule has 0 radical (unpaired) electrons. The number of carbonyl (C=O) groups is 2. The maximum absolute atomic E-state index is 12.5. The molecule has 2 aromatic rings. The molecule has 6 nitrogen and oxygen atoms in total. The highest BCUT2D eigenvalue weighted by Crippen LogP contribution is 2.28. The third-order valence-electron chi connectivity index (χ3n) is 5.09. The highest BCUT2D eigenvalue weighted by atomic mass is 32.1. The van der Waals surface area contributed by atoms with Gasteiger partial charge in [-0.3, -0.25) is 14.6 Å². The molecule has 1 N–H and O–H groups in total. The number of rotatable bonds is 7. The summed E-state index contributed by atoms with van der Waals surface area (Å²) in [5.74, 6) is -0.485. The molecule has 1 saturated heterocycles. The van der Waals surface area contributed by atoms with Crippen LogP contribution in [-0.2, 0) is 16.1 Å². The molecule has 0 bridgehead atoms. The van der Waals surface area contributed by atoms with E-state index in [1.54, 1.807) is 13.0 Å². The Balaban J connectivity index is 1.49. The molecule has 1 aliphatic rings. The summed E-state index contributed by atoms with van der Waals surface area (Å²) >= 11 is 1.40. The Kier molecular flexibility index (Phi) is 7.41. The Morgan fingerprint density at radius 1 is 1.10 bits per heavy atom. The van der Waals surface area contributed by atoms with E-state index in [0.717, 1.165) is 37.6 Å². The maximum atomic E-state index is 12.5. The predicted molar refractivity (Wildman–Crippen MR) is 117 cm³/mol. The van der Waals surface area contributed by atoms with Crippen molar-refractivity contribution in [1.29, 1.82) is 0 Å². The molecular formula is C22H29N3O3S. The fourth-order valence-electron chi connectivity index (χ4n) is 3.47. The molecule has 0 unspecified atom stereocenters. The highest BCUT2D eigenvalue weighted by molar-refractivity contribution is 7.16. The van der Waals surface area contributed by atoms with Crippen LogP contribution in [0.1, 0.15) is 33.3 Å². The molecule has 0 atom stereocenters. The lowest BCUT2D eigenvalue weighted by Crippen LogP contribution is -2.48. The third-order valence-corrected chi connectivity index (χ3v) is 6.06. The number of hydrogen-bond acceptors (Lipinski definition) is 6. The van der Waals surface area contributed by atoms with Gasteiger partial charge in [0.1, 0.15) is 5.00 Å². The predicted octanol–water partition coefficient (Wildman–Crippen LogP) is 3.30. The molecule has 0 spiro atoms. The average molecular weight is 416 g/mol. The van der Waals surface area contributed by atoms with Crippen LogP contribution < -0.4 is 5.32 Å². The minimum absolute atomic E-state index is 0.0928. The van der Waals surface area contributed by atoms with E-state index < -0.39 is 5.97 Å². The molecule has 1 aromatic heterocycles. The van der Waals surface area contributed by atoms with Crippen molar-refractivity contribution in [2.24, 2.45) is 0 Å². The SMILES string of the molecule is CCOC(=O)c1cc(C)sc1NC(=O)CN1CCN(Cc2ccccc2C)CC1. The average Bonchev–Trinajstić information content (AvgIpc) is 3.05. The number of amides is 1. The number of thiophene rings is 1. The summed E-state index contributed by atoms with van der Waals surface area (Å²) in [5.41, 5.74) is 3.11. The highest BCUT2D eigenvalue weighted by Gasteiger charge is 2.22. The van der Waals surface area contributed by atoms with Gasteiger partial charge in [0.05, 0.1) is 18.7 Å². The molecule has 29 heavy (non-hydrogen) atoms. The number of benzene rings is 1. The van der Waals surface area contributed by atoms with Gasteiger partial charge in [-0.2, -0.15) is 0 Å². The van der Waals surface area contributed by atoms with Crippen LogP contribution in [0.5, 0.6) is 0 Å². The van der Waals surface area contributed by atoms with Gasteiger partial charge < -0.3 is 10.1 Å². The van der Waals surface area contributed by atoms with Gasteiger partial charge in [-0.1, -0.05) is 24.3 Å². The number of piperazine rings is 1. The Labute approximate surface area is 176 Å². The number of esters is 1. The van der Waals surface area contributed by atoms with Crippen LogP contribution in [0.2, 0.25) is 0 Å². The van der Waals surface area contributed by atoms with Crippen LogP contribution in [0.25, 0.3) is 0 Å². The van der Waals surface area contributed by atoms with Gasteiger partial charge in [0, 0.05) is 37.6 Å². The van der Waals surface area contributed by atoms with Gasteiger partial charge in [-0.15, -0.1) is 11.3 Å². The van der Waals surface area contributed by atoms with Crippen LogP contribution in [0.15, 0.2) is 30.3 Å². The fraction of sp³-hybridized carbons (Fsp3) is 0.455. The number of anilines is 1. The van der Waals surface area contributed by atoms with E-state index in [9.17, 15) is 9.59 Å². The minimum Gasteiger partial charge on any atom is -0.462 e. The smallest absolute Gasteiger partial charge is 0.341 e. The number of nitrogens with zero attached hydrogens (tertiary/aromatic N) is 2. The summed E-state index contributed by atoms with van der Waals surface area (Å²) < 4.78 is 5.08. The van der Waals surface area contributed by atoms with E-state index >= 15 is 0 Å². The first kappa shape index (κ1) is 21.5. The zero-order chi connectivity index (χ0) is 20.8. The first-order chi connectivity index (χ1) is 14.0. The van der Waals surface area contributed by atoms with Gasteiger partial charge >= 0.3 is 5.97 Å². The number of nitrogens with one attached hydrogen (secondary N) is 1. The molecule has 156 valence electrons. The van der Waals surface area contributed by atoms with Crippen LogP contribution >= 0.6 is 11.3 Å². The second-order valence-corrected chi connectivity index (χ2v) is 8.60. The maximum Gasteiger partial charge on any atom is 0.341 e. The summed E-state index contributed by atoms with van der Waals surface area (Å²) in [7, 11) is 0. The van der Waals surface area contributed by atoms with Crippen molar-refractivity contribution in [3.8, 4) is 0 Å². The van der Waals surface area contributed by atoms with Crippen molar-refractivity contribution in [3.05, 3.63) is 51.9 Å². The molecule has 7 heteroatoms. The van der Waals surface area contributed by atoms with Gasteiger partial charge in [-0.25, -0.2) is 4.79 Å². The third kappa shape index (κ3) is 5.88. The molecule has 1 fully saturated rings. The van der Waals surface area contributed by atoms with E-state index in [1.807, 2.05) is 6.92 Å². The minimum atomic E-state index is -0.392. The van der Waals surface area contributed by atoms with E-state index in [1.165, 1.54) is 22.5 Å². The van der Waals surface area contributed by atoms with E-state index in [2.05, 4.69) is 46.3 Å². The second kappa shape index (κ2) is 10.0. The number of carbonyl (C=O) groups excluding carboxylic acids is 2. The summed E-state index contributed by atoms with van der Waals surface area (Å²) in [6, 6.07) is 10.2.